The Hall–Kier alpha value is -2.82. The maximum Gasteiger partial charge on any atom is 0.266 e. The number of thiazole rings is 1. The van der Waals surface area contributed by atoms with E-state index in [1.54, 1.807) is 13.2 Å². The molecular formula is C22H22FN3O4S2. The summed E-state index contributed by atoms with van der Waals surface area (Å²) < 4.78 is 48.6. The normalized spacial score (nSPS) is 17.7. The molecule has 1 atom stereocenters. The van der Waals surface area contributed by atoms with Crippen LogP contribution < -0.4 is 9.54 Å². The molecule has 1 aliphatic rings. The van der Waals surface area contributed by atoms with Crippen molar-refractivity contribution in [2.24, 2.45) is 4.99 Å². The molecule has 32 heavy (non-hydrogen) atoms. The van der Waals surface area contributed by atoms with Gasteiger partial charge in [-0.15, -0.1) is 6.58 Å². The molecule has 10 heteroatoms. The first kappa shape index (κ1) is 22.4. The van der Waals surface area contributed by atoms with Crippen LogP contribution in [0.1, 0.15) is 12.8 Å². The number of halogens is 1. The lowest BCUT2D eigenvalue weighted by Gasteiger charge is -2.21. The topological polar surface area (TPSA) is 81.0 Å². The van der Waals surface area contributed by atoms with Crippen LogP contribution in [0.15, 0.2) is 65.0 Å². The summed E-state index contributed by atoms with van der Waals surface area (Å²) in [6.45, 7) is 4.43. The maximum absolute atomic E-state index is 13.2. The third-order valence-electron chi connectivity index (χ3n) is 5.32. The summed E-state index contributed by atoms with van der Waals surface area (Å²) in [6.07, 6.45) is 2.63. The fraction of sp³-hybridized carbons (Fsp3) is 0.273. The van der Waals surface area contributed by atoms with E-state index in [1.807, 2.05) is 22.8 Å². The summed E-state index contributed by atoms with van der Waals surface area (Å²) in [5, 5.41) is 0. The fourth-order valence-electron chi connectivity index (χ4n) is 3.76. The number of nitrogens with zero attached hydrogens (tertiary/aromatic N) is 3. The quantitative estimate of drug-likeness (QED) is 0.512. The Bertz CT molecular complexity index is 1340. The lowest BCUT2D eigenvalue weighted by atomic mass is 10.2. The van der Waals surface area contributed by atoms with Crippen molar-refractivity contribution in [1.29, 1.82) is 0 Å². The molecule has 0 N–H and O–H groups in total. The summed E-state index contributed by atoms with van der Waals surface area (Å²) >= 11 is 1.33. The van der Waals surface area contributed by atoms with Gasteiger partial charge in [-0.2, -0.15) is 9.30 Å². The molecule has 3 aromatic rings. The minimum Gasteiger partial charge on any atom is -0.497 e. The van der Waals surface area contributed by atoms with E-state index in [4.69, 9.17) is 4.74 Å². The lowest BCUT2D eigenvalue weighted by molar-refractivity contribution is -0.121. The molecule has 0 saturated carbocycles. The zero-order chi connectivity index (χ0) is 22.9. The largest absolute Gasteiger partial charge is 0.497 e. The smallest absolute Gasteiger partial charge is 0.266 e. The highest BCUT2D eigenvalue weighted by Gasteiger charge is 2.39. The van der Waals surface area contributed by atoms with Crippen LogP contribution in [0, 0.1) is 5.82 Å². The van der Waals surface area contributed by atoms with E-state index in [0.717, 1.165) is 22.3 Å². The predicted molar refractivity (Wildman–Crippen MR) is 120 cm³/mol. The number of carbonyl (C=O) groups is 1. The molecule has 4 rings (SSSR count). The lowest BCUT2D eigenvalue weighted by Crippen LogP contribution is -2.40. The van der Waals surface area contributed by atoms with Crippen LogP contribution in [0.4, 0.5) is 4.39 Å². The Balaban J connectivity index is 1.72. The number of rotatable bonds is 6. The molecule has 7 nitrogen and oxygen atoms in total. The average Bonchev–Trinajstić information content (AvgIpc) is 3.40. The number of ether oxygens (including phenoxy) is 1. The third-order valence-corrected chi connectivity index (χ3v) is 8.28. The second-order valence-corrected chi connectivity index (χ2v) is 10.2. The Morgan fingerprint density at radius 1 is 1.31 bits per heavy atom. The number of carbonyl (C=O) groups excluding carboxylic acids is 1. The molecule has 1 aliphatic heterocycles. The van der Waals surface area contributed by atoms with Crippen molar-refractivity contribution in [3.63, 3.8) is 0 Å². The van der Waals surface area contributed by atoms with E-state index >= 15 is 0 Å². The van der Waals surface area contributed by atoms with Gasteiger partial charge in [-0.25, -0.2) is 12.8 Å². The van der Waals surface area contributed by atoms with Crippen molar-refractivity contribution in [3.8, 4) is 5.75 Å². The van der Waals surface area contributed by atoms with Gasteiger partial charge in [0.1, 0.15) is 17.6 Å². The van der Waals surface area contributed by atoms with E-state index in [2.05, 4.69) is 11.6 Å². The summed E-state index contributed by atoms with van der Waals surface area (Å²) in [5.41, 5.74) is 0.879. The first-order valence-corrected chi connectivity index (χ1v) is 12.2. The van der Waals surface area contributed by atoms with Crippen LogP contribution in [0.25, 0.3) is 10.2 Å². The number of hydrogen-bond donors (Lipinski definition) is 0. The SMILES string of the molecule is C=CCn1c(=NC(=O)C2CCCN2S(=O)(=O)c2ccc(F)cc2)sc2cc(OC)ccc21. The molecule has 1 fully saturated rings. The number of hydrogen-bond acceptors (Lipinski definition) is 5. The molecule has 1 aromatic heterocycles. The van der Waals surface area contributed by atoms with E-state index < -0.39 is 27.8 Å². The van der Waals surface area contributed by atoms with Gasteiger partial charge in [0.15, 0.2) is 4.80 Å². The van der Waals surface area contributed by atoms with Crippen LogP contribution in [0.3, 0.4) is 0 Å². The van der Waals surface area contributed by atoms with Gasteiger partial charge in [0, 0.05) is 13.1 Å². The number of methoxy groups -OCH3 is 1. The van der Waals surface area contributed by atoms with Crippen LogP contribution in [-0.4, -0.2) is 42.9 Å². The Morgan fingerprint density at radius 2 is 2.06 bits per heavy atom. The van der Waals surface area contributed by atoms with E-state index in [1.165, 1.54) is 27.8 Å². The monoisotopic (exact) mass is 475 g/mol. The van der Waals surface area contributed by atoms with Crippen molar-refractivity contribution < 1.29 is 22.3 Å². The number of allylic oxidation sites excluding steroid dienone is 1. The molecule has 0 spiro atoms. The number of fused-ring (bicyclic) bond motifs is 1. The summed E-state index contributed by atoms with van der Waals surface area (Å²) in [6, 6.07) is 9.28. The highest BCUT2D eigenvalue weighted by atomic mass is 32.2. The van der Waals surface area contributed by atoms with Crippen LogP contribution in [-0.2, 0) is 21.4 Å². The number of benzene rings is 2. The average molecular weight is 476 g/mol. The van der Waals surface area contributed by atoms with Gasteiger partial charge < -0.3 is 9.30 Å². The number of aromatic nitrogens is 1. The Kier molecular flexibility index (Phi) is 6.27. The van der Waals surface area contributed by atoms with Gasteiger partial charge >= 0.3 is 0 Å². The molecule has 168 valence electrons. The standard InChI is InChI=1S/C22H22FN3O4S2/c1-3-12-25-18-11-8-16(30-2)14-20(18)31-22(25)24-21(27)19-5-4-13-26(19)32(28,29)17-9-6-15(23)7-10-17/h3,6-11,14,19H,1,4-5,12-13H2,2H3. The van der Waals surface area contributed by atoms with E-state index in [9.17, 15) is 17.6 Å². The first-order valence-electron chi connectivity index (χ1n) is 9.99. The first-order chi connectivity index (χ1) is 15.3. The minimum atomic E-state index is -3.95. The highest BCUT2D eigenvalue weighted by Crippen LogP contribution is 2.27. The zero-order valence-electron chi connectivity index (χ0n) is 17.4. The second kappa shape index (κ2) is 8.97. The molecule has 2 aromatic carbocycles. The summed E-state index contributed by atoms with van der Waals surface area (Å²) in [5.74, 6) is -0.361. The molecule has 0 radical (unpaired) electrons. The third kappa shape index (κ3) is 4.13. The highest BCUT2D eigenvalue weighted by molar-refractivity contribution is 7.89. The van der Waals surface area contributed by atoms with Gasteiger partial charge in [0.25, 0.3) is 5.91 Å². The molecule has 0 aliphatic carbocycles. The number of sulfonamides is 1. The van der Waals surface area contributed by atoms with Crippen molar-refractivity contribution in [3.05, 3.63) is 65.7 Å². The van der Waals surface area contributed by atoms with Crippen LogP contribution in [0.5, 0.6) is 5.75 Å². The van der Waals surface area contributed by atoms with Gasteiger partial charge in [-0.3, -0.25) is 4.79 Å². The summed E-state index contributed by atoms with van der Waals surface area (Å²) in [4.78, 5) is 17.9. The molecule has 1 unspecified atom stereocenters. The van der Waals surface area contributed by atoms with Gasteiger partial charge in [0.2, 0.25) is 10.0 Å². The maximum atomic E-state index is 13.2. The molecule has 0 bridgehead atoms. The van der Waals surface area contributed by atoms with Gasteiger partial charge in [-0.1, -0.05) is 17.4 Å². The molecule has 2 heterocycles. The molecule has 1 saturated heterocycles. The number of amides is 1. The Morgan fingerprint density at radius 3 is 2.75 bits per heavy atom. The summed E-state index contributed by atoms with van der Waals surface area (Å²) in [7, 11) is -2.37. The molecule has 1 amide bonds. The van der Waals surface area contributed by atoms with E-state index in [-0.39, 0.29) is 11.4 Å². The van der Waals surface area contributed by atoms with Gasteiger partial charge in [-0.05, 0) is 55.3 Å². The van der Waals surface area contributed by atoms with Crippen molar-refractivity contribution in [2.45, 2.75) is 30.3 Å². The fourth-order valence-corrected chi connectivity index (χ4v) is 6.48. The second-order valence-electron chi connectivity index (χ2n) is 7.30. The van der Waals surface area contributed by atoms with Crippen LogP contribution in [0.2, 0.25) is 0 Å². The van der Waals surface area contributed by atoms with Crippen LogP contribution >= 0.6 is 11.3 Å². The van der Waals surface area contributed by atoms with Crippen molar-refractivity contribution in [2.75, 3.05) is 13.7 Å². The van der Waals surface area contributed by atoms with E-state index in [0.29, 0.717) is 29.9 Å². The zero-order valence-corrected chi connectivity index (χ0v) is 19.0. The van der Waals surface area contributed by atoms with Crippen molar-refractivity contribution in [1.82, 2.24) is 8.87 Å². The molecular weight excluding hydrogens is 453 g/mol. The predicted octanol–water partition coefficient (Wildman–Crippen LogP) is 3.32. The minimum absolute atomic E-state index is 0.0470. The van der Waals surface area contributed by atoms with Crippen molar-refractivity contribution >= 4 is 37.5 Å². The van der Waals surface area contributed by atoms with Gasteiger partial charge in [0.05, 0.1) is 22.2 Å². The Labute approximate surface area is 189 Å².